The molecule has 0 bridgehead atoms. The molecule has 0 aromatic carbocycles. The normalized spacial score (nSPS) is 13.5. The van der Waals surface area contributed by atoms with Crippen molar-refractivity contribution in [3.8, 4) is 24.2 Å². The quantitative estimate of drug-likeness (QED) is 0.00322. The third kappa shape index (κ3) is 96.1. The second-order valence-corrected chi connectivity index (χ2v) is 34.9. The fourth-order valence-electron chi connectivity index (χ4n) is 9.52. The zero-order chi connectivity index (χ0) is 93.5. The van der Waals surface area contributed by atoms with Crippen molar-refractivity contribution in [3.63, 3.8) is 0 Å². The van der Waals surface area contributed by atoms with Crippen molar-refractivity contribution in [1.29, 1.82) is 0 Å². The van der Waals surface area contributed by atoms with E-state index >= 15 is 0 Å². The number of hydrogen-bond acceptors (Lipinski definition) is 22. The average Bonchev–Trinajstić information content (AvgIpc) is 1.73. The number of aliphatic hydroxyl groups is 2. The first-order valence-electron chi connectivity index (χ1n) is 41.7. The molecule has 4 aromatic heterocycles. The zero-order valence-corrected chi connectivity index (χ0v) is 83.0. The molecule has 25 nitrogen and oxygen atoms in total. The summed E-state index contributed by atoms with van der Waals surface area (Å²) in [5.41, 5.74) is -1.88. The van der Waals surface area contributed by atoms with Crippen LogP contribution in [0.4, 0.5) is 14.4 Å². The Balaban J connectivity index is -0.000000209. The largest absolute Gasteiger partial charge is 2.00 e. The standard InChI is InChI=1S/C23H38O4.C13H25NO2.C11H16O2.C10H14O2.C9H19NO5S.C8H17NO3.C5H3Br.C5H4O2.2C4H8O.CH2Cl2.Mg.2H/c1-19(18-22(24)27-23(2,3)4)14-11-9-7-6-8-10-12-15-20(25-5)21-16-13-17-26-21;1-6-7-8-9-10-11(2)14-12(15)16-13(3,4)5;1-3-4-5-7-10(12-2)11-8-6-9-13-11;1-2-3-4-6-9(11)10-7-5-8-12-10;1-7(6-14-16(5,12)13)10-8(11)15-9(2,3)4;1-6(5-10)9-7(11)12-8(2,3)4;1-2-3-4-5-6;6-4-5-2-1-3-7-5;2*1-2-4-5-3-1;2-1-3;;;/h6-7,13,16-17,19-20H,8-12,14-15,18H2,1-5H3;6,11H,1,7-10H2,2-5H3,(H,14,15);3,6,8-10H,1,4-5,7H2,2H3;2,5,7-9,11H,1,3-4,6H2;7H,6H2,1-5H3,(H,10,11);6,10H,5H2,1-4H3,(H,9,11);1H,5H2;1-4H;2*1-4H2;1H2;;;/q;;;;;;;;;;;+2;2*-1/b7-6-;;;;;;;;;;;;;/t19-,20?;11-;;;7-;6-;;;;;;;;/m11..11......../s1. The van der Waals surface area contributed by atoms with Gasteiger partial charge in [-0.3, -0.25) is 13.8 Å². The van der Waals surface area contributed by atoms with Crippen molar-refractivity contribution in [1.82, 2.24) is 16.0 Å². The van der Waals surface area contributed by atoms with Crippen LogP contribution in [0.3, 0.4) is 0 Å². The van der Waals surface area contributed by atoms with Gasteiger partial charge in [0.15, 0.2) is 12.0 Å². The predicted octanol–water partition coefficient (Wildman–Crippen LogP) is 23.0. The van der Waals surface area contributed by atoms with E-state index in [9.17, 15) is 37.5 Å². The van der Waals surface area contributed by atoms with E-state index < -0.39 is 51.3 Å². The Morgan fingerprint density at radius 3 is 1.28 bits per heavy atom. The van der Waals surface area contributed by atoms with Gasteiger partial charge < -0.3 is 84.6 Å². The number of allylic oxidation sites excluding steroid dienone is 5. The van der Waals surface area contributed by atoms with E-state index in [0.717, 1.165) is 153 Å². The monoisotopic (exact) mass is 1870 g/mol. The molecule has 2 fully saturated rings. The molecule has 2 aliphatic heterocycles. The average molecular weight is 1880 g/mol. The van der Waals surface area contributed by atoms with Gasteiger partial charge in [-0.25, -0.2) is 14.4 Å². The number of carbonyl (C=O) groups excluding carboxylic acids is 5. The summed E-state index contributed by atoms with van der Waals surface area (Å²) < 4.78 is 87.4. The van der Waals surface area contributed by atoms with Crippen LogP contribution < -0.4 is 16.0 Å². The number of ether oxygens (including phenoxy) is 8. The Labute approximate surface area is 777 Å². The Hall–Kier alpha value is -6.35. The van der Waals surface area contributed by atoms with Gasteiger partial charge in [-0.15, -0.1) is 49.4 Å². The van der Waals surface area contributed by atoms with Crippen LogP contribution in [0.25, 0.3) is 0 Å². The number of methoxy groups -OCH3 is 2. The fourth-order valence-corrected chi connectivity index (χ4v) is 10.1. The molecule has 2 saturated heterocycles. The van der Waals surface area contributed by atoms with Crippen LogP contribution in [0.1, 0.15) is 301 Å². The number of halogens is 3. The third-order valence-electron chi connectivity index (χ3n) is 15.1. The van der Waals surface area contributed by atoms with Crippen molar-refractivity contribution < 1.29 is 105 Å². The van der Waals surface area contributed by atoms with Gasteiger partial charge >= 0.3 is 47.3 Å². The molecular weight excluding hydrogens is 1720 g/mol. The second-order valence-electron chi connectivity index (χ2n) is 31.9. The molecular formula is C93H156BrCl2MgN3O22S. The fraction of sp³-hybridized carbons (Fsp3) is 0.645. The Bertz CT molecular complexity index is 3370. The number of aliphatic hydroxyl groups excluding tert-OH is 2. The van der Waals surface area contributed by atoms with Crippen LogP contribution in [-0.4, -0.2) is 184 Å². The number of furan rings is 4. The maximum atomic E-state index is 11.8. The Morgan fingerprint density at radius 2 is 0.943 bits per heavy atom. The predicted molar refractivity (Wildman–Crippen MR) is 502 cm³/mol. The first kappa shape index (κ1) is 127. The van der Waals surface area contributed by atoms with Crippen LogP contribution in [0.15, 0.2) is 141 Å². The minimum Gasteiger partial charge on any atom is -1.00 e. The van der Waals surface area contributed by atoms with Gasteiger partial charge in [0.25, 0.3) is 10.1 Å². The van der Waals surface area contributed by atoms with E-state index in [4.69, 9.17) is 85.9 Å². The van der Waals surface area contributed by atoms with Crippen molar-refractivity contribution in [3.05, 3.63) is 147 Å². The molecule has 0 saturated carbocycles. The maximum absolute atomic E-state index is 11.8. The Morgan fingerprint density at radius 1 is 0.569 bits per heavy atom. The van der Waals surface area contributed by atoms with Crippen molar-refractivity contribution in [2.24, 2.45) is 5.92 Å². The van der Waals surface area contributed by atoms with Crippen molar-refractivity contribution in [2.45, 2.75) is 311 Å². The molecule has 5 N–H and O–H groups in total. The number of alkyl carbamates (subject to hydrolysis) is 3. The van der Waals surface area contributed by atoms with Gasteiger partial charge in [-0.1, -0.05) is 72.0 Å². The third-order valence-corrected chi connectivity index (χ3v) is 16.0. The first-order chi connectivity index (χ1) is 57.5. The zero-order valence-electron chi connectivity index (χ0n) is 79.7. The number of nitrogens with one attached hydrogen (secondary N) is 3. The molecule has 6 heterocycles. The summed E-state index contributed by atoms with van der Waals surface area (Å²) in [6, 6.07) is 14.0. The van der Waals surface area contributed by atoms with Gasteiger partial charge in [0.2, 0.25) is 0 Å². The van der Waals surface area contributed by atoms with Crippen LogP contribution in [0, 0.1) is 30.1 Å². The van der Waals surface area contributed by atoms with E-state index in [2.05, 4.69) is 97.1 Å². The van der Waals surface area contributed by atoms with Gasteiger partial charge in [0, 0.05) is 53.1 Å². The number of amides is 3. The number of hydrogen-bond donors (Lipinski definition) is 5. The summed E-state index contributed by atoms with van der Waals surface area (Å²) in [7, 11) is -0.0398. The van der Waals surface area contributed by atoms with E-state index in [1.54, 1.807) is 113 Å². The van der Waals surface area contributed by atoms with E-state index in [1.165, 1.54) is 31.9 Å². The Kier molecular flexibility index (Phi) is 85.6. The SMILES string of the molecule is C#CC#CCBr.C1CCOC1.C1CCOC1.C=CCCCC(O)c1ccco1.C=CCCCC(OC)c1ccco1.C=CCCCC[C@@H](C)NC(=O)OC(C)(C)C.COC(CCCC/C=C\CCC[C@@H](C)CC(=O)OC(C)(C)C)c1ccco1.C[C@H](CO)NC(=O)OC(C)(C)C.C[C@H](COS(C)(=O)=O)NC(=O)OC(C)(C)C.ClCCl.O=Cc1ccco1.[H-].[H-].[Mg+2]. The van der Waals surface area contributed by atoms with Crippen molar-refractivity contribution >= 4 is 103 Å². The molecule has 704 valence electrons. The topological polar surface area (TPSA) is 332 Å². The van der Waals surface area contributed by atoms with Gasteiger partial charge in [-0.05, 0) is 292 Å². The van der Waals surface area contributed by atoms with Gasteiger partial charge in [0.1, 0.15) is 58.0 Å². The van der Waals surface area contributed by atoms with Crippen LogP contribution in [-0.2, 0) is 57.0 Å². The summed E-state index contributed by atoms with van der Waals surface area (Å²) in [6.45, 7) is 44.1. The summed E-state index contributed by atoms with van der Waals surface area (Å²) in [4.78, 5) is 55.2. The number of carbonyl (C=O) groups is 5. The maximum Gasteiger partial charge on any atom is 2.00 e. The van der Waals surface area contributed by atoms with Gasteiger partial charge in [-0.2, -0.15) is 8.42 Å². The van der Waals surface area contributed by atoms with Gasteiger partial charge in [0.05, 0.1) is 67.3 Å². The molecule has 0 radical (unpaired) electrons. The number of esters is 1. The first-order valence-corrected chi connectivity index (χ1v) is 45.7. The van der Waals surface area contributed by atoms with Crippen LogP contribution >= 0.6 is 39.1 Å². The van der Waals surface area contributed by atoms with Crippen LogP contribution in [0.2, 0.25) is 0 Å². The number of terminal acetylenes is 1. The summed E-state index contributed by atoms with van der Waals surface area (Å²) in [5, 5.41) is 26.7. The number of unbranched alkanes of at least 4 members (excludes halogenated alkanes) is 7. The molecule has 6 rings (SSSR count). The summed E-state index contributed by atoms with van der Waals surface area (Å²) >= 11 is 12.6. The minimum atomic E-state index is -3.48. The molecule has 0 aliphatic carbocycles. The molecule has 0 spiro atoms. The number of rotatable bonds is 37. The van der Waals surface area contributed by atoms with Crippen molar-refractivity contribution in [2.75, 3.05) is 70.8 Å². The van der Waals surface area contributed by atoms with E-state index in [1.807, 2.05) is 91.0 Å². The number of alkyl halides is 3. The summed E-state index contributed by atoms with van der Waals surface area (Å²) in [5.74, 6) is 10.4. The van der Waals surface area contributed by atoms with Crippen LogP contribution in [0.5, 0.6) is 0 Å². The molecule has 4 aromatic rings. The molecule has 30 heteroatoms. The van der Waals surface area contributed by atoms with E-state index in [0.29, 0.717) is 35.5 Å². The minimum absolute atomic E-state index is 0. The smallest absolute Gasteiger partial charge is 1.00 e. The molecule has 7 atom stereocenters. The molecule has 2 aliphatic rings. The molecule has 3 unspecified atom stereocenters. The molecule has 123 heavy (non-hydrogen) atoms. The van der Waals surface area contributed by atoms with E-state index in [-0.39, 0.29) is 86.4 Å². The summed E-state index contributed by atoms with van der Waals surface area (Å²) in [6.07, 6.45) is 44.5. The number of aldehydes is 1. The second kappa shape index (κ2) is 82.6. The molecule has 3 amide bonds.